The second-order valence-electron chi connectivity index (χ2n) is 3.91. The fourth-order valence-corrected chi connectivity index (χ4v) is 1.58. The molecule has 0 fully saturated rings. The normalized spacial score (nSPS) is 11.8. The zero-order valence-electron chi connectivity index (χ0n) is 10.1. The van der Waals surface area contributed by atoms with Crippen LogP contribution in [0.5, 0.6) is 11.5 Å². The van der Waals surface area contributed by atoms with Gasteiger partial charge in [-0.2, -0.15) is 13.2 Å². The minimum atomic E-state index is -4.38. The number of halogens is 3. The Morgan fingerprint density at radius 3 is 2.25 bits per heavy atom. The van der Waals surface area contributed by atoms with E-state index in [-0.39, 0.29) is 5.75 Å². The third-order valence-electron chi connectivity index (χ3n) is 2.53. The summed E-state index contributed by atoms with van der Waals surface area (Å²) in [5, 5.41) is 11.4. The monoisotopic (exact) mass is 281 g/mol. The fraction of sp³-hybridized carbons (Fsp3) is 0.0714. The molecule has 0 bridgehead atoms. The van der Waals surface area contributed by atoms with Crippen molar-refractivity contribution in [3.63, 3.8) is 0 Å². The molecule has 2 rings (SSSR count). The Bertz CT molecular complexity index is 607. The van der Waals surface area contributed by atoms with Gasteiger partial charge in [-0.05, 0) is 36.4 Å². The summed E-state index contributed by atoms with van der Waals surface area (Å²) in [7, 11) is 0. The molecule has 0 radical (unpaired) electrons. The summed E-state index contributed by atoms with van der Waals surface area (Å²) >= 11 is 0. The first-order valence-electron chi connectivity index (χ1n) is 5.62. The predicted molar refractivity (Wildman–Crippen MR) is 67.3 cm³/mol. The average Bonchev–Trinajstić information content (AvgIpc) is 2.41. The zero-order chi connectivity index (χ0) is 14.6. The van der Waals surface area contributed by atoms with Crippen LogP contribution in [0.3, 0.4) is 0 Å². The van der Waals surface area contributed by atoms with Gasteiger partial charge in [-0.25, -0.2) is 0 Å². The van der Waals surface area contributed by atoms with Crippen LogP contribution in [0, 0.1) is 0 Å². The minimum Gasteiger partial charge on any atom is -0.457 e. The molecule has 0 heterocycles. The first-order chi connectivity index (χ1) is 9.50. The van der Waals surface area contributed by atoms with Crippen molar-refractivity contribution in [1.29, 1.82) is 0 Å². The average molecular weight is 281 g/mol. The molecule has 0 aliphatic rings. The largest absolute Gasteiger partial charge is 0.457 e. The standard InChI is InChI=1S/C14H10F3NO2/c15-14(16,17)11-5-7-12(8-6-11)20-13-4-2-1-3-10(13)9-18-19/h1-9,19H. The zero-order valence-corrected chi connectivity index (χ0v) is 10.1. The summed E-state index contributed by atoms with van der Waals surface area (Å²) in [6.07, 6.45) is -3.20. The van der Waals surface area contributed by atoms with Crippen molar-refractivity contribution in [2.75, 3.05) is 0 Å². The molecule has 0 unspecified atom stereocenters. The Hall–Kier alpha value is -2.50. The van der Waals surface area contributed by atoms with Crippen LogP contribution in [0.25, 0.3) is 0 Å². The molecule has 0 aromatic heterocycles. The van der Waals surface area contributed by atoms with Gasteiger partial charge in [0.1, 0.15) is 11.5 Å². The fourth-order valence-electron chi connectivity index (χ4n) is 1.58. The van der Waals surface area contributed by atoms with Crippen molar-refractivity contribution < 1.29 is 23.1 Å². The lowest BCUT2D eigenvalue weighted by atomic mass is 10.2. The Balaban J connectivity index is 2.23. The summed E-state index contributed by atoms with van der Waals surface area (Å²) in [6, 6.07) is 11.0. The summed E-state index contributed by atoms with van der Waals surface area (Å²) in [5.74, 6) is 0.641. The van der Waals surface area contributed by atoms with Crippen LogP contribution in [-0.4, -0.2) is 11.4 Å². The second-order valence-corrected chi connectivity index (χ2v) is 3.91. The van der Waals surface area contributed by atoms with E-state index in [9.17, 15) is 13.2 Å². The Labute approximate surface area is 112 Å². The highest BCUT2D eigenvalue weighted by Gasteiger charge is 2.30. The molecule has 0 aliphatic heterocycles. The van der Waals surface area contributed by atoms with Crippen molar-refractivity contribution in [2.45, 2.75) is 6.18 Å². The Morgan fingerprint density at radius 2 is 1.65 bits per heavy atom. The maximum atomic E-state index is 12.4. The van der Waals surface area contributed by atoms with E-state index in [1.165, 1.54) is 18.3 Å². The van der Waals surface area contributed by atoms with E-state index in [0.717, 1.165) is 12.1 Å². The van der Waals surface area contributed by atoms with E-state index in [1.54, 1.807) is 24.3 Å². The van der Waals surface area contributed by atoms with Crippen LogP contribution in [0.15, 0.2) is 53.7 Å². The van der Waals surface area contributed by atoms with E-state index < -0.39 is 11.7 Å². The molecule has 0 amide bonds. The molecule has 2 aromatic rings. The number of alkyl halides is 3. The van der Waals surface area contributed by atoms with Crippen LogP contribution in [0.2, 0.25) is 0 Å². The molecule has 3 nitrogen and oxygen atoms in total. The molecule has 0 saturated carbocycles. The molecular weight excluding hydrogens is 271 g/mol. The predicted octanol–water partition coefficient (Wildman–Crippen LogP) is 4.31. The number of ether oxygens (including phenoxy) is 1. The molecule has 20 heavy (non-hydrogen) atoms. The van der Waals surface area contributed by atoms with Gasteiger partial charge in [-0.15, -0.1) is 0 Å². The van der Waals surface area contributed by atoms with Crippen LogP contribution < -0.4 is 4.74 Å². The summed E-state index contributed by atoms with van der Waals surface area (Å²) in [5.41, 5.74) is -0.232. The number of hydrogen-bond donors (Lipinski definition) is 1. The molecule has 6 heteroatoms. The maximum Gasteiger partial charge on any atom is 0.416 e. The SMILES string of the molecule is ON=Cc1ccccc1Oc1ccc(C(F)(F)F)cc1. The van der Waals surface area contributed by atoms with Crippen molar-refractivity contribution in [3.8, 4) is 11.5 Å². The van der Waals surface area contributed by atoms with Gasteiger partial charge in [0.05, 0.1) is 11.8 Å². The van der Waals surface area contributed by atoms with E-state index >= 15 is 0 Å². The van der Waals surface area contributed by atoms with Gasteiger partial charge in [0.2, 0.25) is 0 Å². The van der Waals surface area contributed by atoms with E-state index in [4.69, 9.17) is 9.94 Å². The third kappa shape index (κ3) is 3.28. The van der Waals surface area contributed by atoms with Gasteiger partial charge in [0.25, 0.3) is 0 Å². The van der Waals surface area contributed by atoms with Crippen LogP contribution >= 0.6 is 0 Å². The van der Waals surface area contributed by atoms with Gasteiger partial charge >= 0.3 is 6.18 Å². The summed E-state index contributed by atoms with van der Waals surface area (Å²) < 4.78 is 42.7. The van der Waals surface area contributed by atoms with Crippen molar-refractivity contribution in [2.24, 2.45) is 5.16 Å². The van der Waals surface area contributed by atoms with Crippen molar-refractivity contribution >= 4 is 6.21 Å². The maximum absolute atomic E-state index is 12.4. The first-order valence-corrected chi connectivity index (χ1v) is 5.62. The number of hydrogen-bond acceptors (Lipinski definition) is 3. The van der Waals surface area contributed by atoms with Gasteiger partial charge in [-0.1, -0.05) is 17.3 Å². The van der Waals surface area contributed by atoms with Crippen molar-refractivity contribution in [3.05, 3.63) is 59.7 Å². The topological polar surface area (TPSA) is 41.8 Å². The van der Waals surface area contributed by atoms with Gasteiger partial charge in [0, 0.05) is 5.56 Å². The van der Waals surface area contributed by atoms with E-state index in [0.29, 0.717) is 11.3 Å². The lowest BCUT2D eigenvalue weighted by molar-refractivity contribution is -0.137. The second kappa shape index (κ2) is 5.64. The molecular formula is C14H10F3NO2. The summed E-state index contributed by atoms with van der Waals surface area (Å²) in [4.78, 5) is 0. The summed E-state index contributed by atoms with van der Waals surface area (Å²) in [6.45, 7) is 0. The van der Waals surface area contributed by atoms with Crippen LogP contribution in [0.1, 0.15) is 11.1 Å². The van der Waals surface area contributed by atoms with Gasteiger partial charge in [0.15, 0.2) is 0 Å². The molecule has 0 saturated heterocycles. The highest BCUT2D eigenvalue weighted by Crippen LogP contribution is 2.31. The number of rotatable bonds is 3. The van der Waals surface area contributed by atoms with E-state index in [2.05, 4.69) is 5.16 Å². The van der Waals surface area contributed by atoms with E-state index in [1.807, 2.05) is 0 Å². The first kappa shape index (κ1) is 13.9. The number of oxime groups is 1. The lowest BCUT2D eigenvalue weighted by Crippen LogP contribution is -2.04. The Kier molecular flexibility index (Phi) is 3.93. The molecule has 1 N–H and O–H groups in total. The van der Waals surface area contributed by atoms with Crippen LogP contribution in [0.4, 0.5) is 13.2 Å². The number of benzene rings is 2. The number of para-hydroxylation sites is 1. The molecule has 104 valence electrons. The number of nitrogens with zero attached hydrogens (tertiary/aromatic N) is 1. The molecule has 0 atom stereocenters. The van der Waals surface area contributed by atoms with Crippen LogP contribution in [-0.2, 0) is 6.18 Å². The molecule has 0 spiro atoms. The Morgan fingerprint density at radius 1 is 1.00 bits per heavy atom. The minimum absolute atomic E-state index is 0.261. The molecule has 2 aromatic carbocycles. The molecule has 0 aliphatic carbocycles. The van der Waals surface area contributed by atoms with Gasteiger partial charge < -0.3 is 9.94 Å². The quantitative estimate of drug-likeness (QED) is 0.517. The smallest absolute Gasteiger partial charge is 0.416 e. The van der Waals surface area contributed by atoms with Gasteiger partial charge in [-0.3, -0.25) is 0 Å². The van der Waals surface area contributed by atoms with Crippen molar-refractivity contribution in [1.82, 2.24) is 0 Å². The lowest BCUT2D eigenvalue weighted by Gasteiger charge is -2.10. The highest BCUT2D eigenvalue weighted by molar-refractivity contribution is 5.83. The highest BCUT2D eigenvalue weighted by atomic mass is 19.4. The third-order valence-corrected chi connectivity index (χ3v) is 2.53.